The molecule has 1 aliphatic carbocycles. The molecule has 0 spiro atoms. The Labute approximate surface area is 146 Å². The first kappa shape index (κ1) is 17.3. The summed E-state index contributed by atoms with van der Waals surface area (Å²) in [6, 6.07) is 7.01. The van der Waals surface area contributed by atoms with E-state index in [0.717, 1.165) is 25.7 Å². The van der Waals surface area contributed by atoms with Gasteiger partial charge in [0.2, 0.25) is 5.91 Å². The molecule has 1 unspecified atom stereocenters. The standard InChI is InChI=1S/C18H22N2O5/c21-16(19-12-6-2-1-3-7-12)11-20-13-8-4-5-9-14(13)25-15(18(20)24)10-17(22)23/h4-5,8-9,12,15H,1-3,6-7,10-11H2,(H,19,21)(H,22,23). The monoisotopic (exact) mass is 346 g/mol. The molecule has 1 aromatic carbocycles. The lowest BCUT2D eigenvalue weighted by Gasteiger charge is -2.34. The topological polar surface area (TPSA) is 95.9 Å². The fourth-order valence-electron chi connectivity index (χ4n) is 3.39. The highest BCUT2D eigenvalue weighted by atomic mass is 16.5. The van der Waals surface area contributed by atoms with Crippen molar-refractivity contribution in [3.63, 3.8) is 0 Å². The lowest BCUT2D eigenvalue weighted by molar-refractivity contribution is -0.142. The van der Waals surface area contributed by atoms with Gasteiger partial charge in [0.1, 0.15) is 12.3 Å². The average molecular weight is 346 g/mol. The largest absolute Gasteiger partial charge is 0.481 e. The van der Waals surface area contributed by atoms with Crippen molar-refractivity contribution in [3.05, 3.63) is 24.3 Å². The molecular weight excluding hydrogens is 324 g/mol. The summed E-state index contributed by atoms with van der Waals surface area (Å²) in [5.41, 5.74) is 0.493. The predicted molar refractivity (Wildman–Crippen MR) is 90.5 cm³/mol. The third kappa shape index (κ3) is 4.10. The van der Waals surface area contributed by atoms with Crippen LogP contribution in [0, 0.1) is 0 Å². The summed E-state index contributed by atoms with van der Waals surface area (Å²) >= 11 is 0. The molecule has 134 valence electrons. The van der Waals surface area contributed by atoms with Crippen molar-refractivity contribution in [3.8, 4) is 5.75 Å². The molecule has 0 bridgehead atoms. The van der Waals surface area contributed by atoms with E-state index in [1.807, 2.05) is 0 Å². The molecule has 1 saturated carbocycles. The van der Waals surface area contributed by atoms with E-state index in [2.05, 4.69) is 5.32 Å². The molecule has 2 N–H and O–H groups in total. The number of aliphatic carboxylic acids is 1. The normalized spacial score (nSPS) is 20.6. The van der Waals surface area contributed by atoms with E-state index in [1.165, 1.54) is 11.3 Å². The summed E-state index contributed by atoms with van der Waals surface area (Å²) in [7, 11) is 0. The Morgan fingerprint density at radius 2 is 1.92 bits per heavy atom. The van der Waals surface area contributed by atoms with Crippen molar-refractivity contribution in [1.29, 1.82) is 0 Å². The van der Waals surface area contributed by atoms with Crippen LogP contribution in [0.3, 0.4) is 0 Å². The number of hydrogen-bond donors (Lipinski definition) is 2. The smallest absolute Gasteiger partial charge is 0.307 e. The number of hydrogen-bond acceptors (Lipinski definition) is 4. The van der Waals surface area contributed by atoms with Crippen LogP contribution in [0.1, 0.15) is 38.5 Å². The SMILES string of the molecule is O=C(O)CC1Oc2ccccc2N(CC(=O)NC2CCCCC2)C1=O. The Balaban J connectivity index is 1.74. The number of carboxylic acids is 1. The van der Waals surface area contributed by atoms with Gasteiger partial charge in [-0.05, 0) is 25.0 Å². The molecule has 0 saturated heterocycles. The van der Waals surface area contributed by atoms with Crippen molar-refractivity contribution in [1.82, 2.24) is 5.32 Å². The number of carbonyl (C=O) groups is 3. The maximum Gasteiger partial charge on any atom is 0.307 e. The fourth-order valence-corrected chi connectivity index (χ4v) is 3.39. The van der Waals surface area contributed by atoms with Gasteiger partial charge >= 0.3 is 5.97 Å². The van der Waals surface area contributed by atoms with Crippen molar-refractivity contribution >= 4 is 23.5 Å². The van der Waals surface area contributed by atoms with Crippen molar-refractivity contribution in [2.24, 2.45) is 0 Å². The lowest BCUT2D eigenvalue weighted by atomic mass is 9.95. The van der Waals surface area contributed by atoms with Crippen LogP contribution in [0.15, 0.2) is 24.3 Å². The van der Waals surface area contributed by atoms with Crippen molar-refractivity contribution in [2.75, 3.05) is 11.4 Å². The number of carbonyl (C=O) groups excluding carboxylic acids is 2. The maximum absolute atomic E-state index is 12.6. The minimum atomic E-state index is -1.12. The Morgan fingerprint density at radius 1 is 1.20 bits per heavy atom. The highest BCUT2D eigenvalue weighted by Gasteiger charge is 2.36. The number of nitrogens with zero attached hydrogens (tertiary/aromatic N) is 1. The number of anilines is 1. The third-order valence-corrected chi connectivity index (χ3v) is 4.60. The predicted octanol–water partition coefficient (Wildman–Crippen LogP) is 1.70. The van der Waals surface area contributed by atoms with Gasteiger partial charge in [0.15, 0.2) is 6.10 Å². The zero-order valence-corrected chi connectivity index (χ0v) is 13.9. The molecule has 7 heteroatoms. The molecule has 1 aliphatic heterocycles. The summed E-state index contributed by atoms with van der Waals surface area (Å²) in [4.78, 5) is 37.3. The molecule has 25 heavy (non-hydrogen) atoms. The van der Waals surface area contributed by atoms with Gasteiger partial charge in [-0.3, -0.25) is 19.3 Å². The van der Waals surface area contributed by atoms with Crippen LogP contribution in [0.2, 0.25) is 0 Å². The summed E-state index contributed by atoms with van der Waals surface area (Å²) in [6.45, 7) is -0.133. The zero-order valence-electron chi connectivity index (χ0n) is 13.9. The number of carboxylic acid groups (broad SMARTS) is 1. The first-order valence-corrected chi connectivity index (χ1v) is 8.63. The molecule has 3 rings (SSSR count). The molecule has 2 aliphatic rings. The molecule has 7 nitrogen and oxygen atoms in total. The highest BCUT2D eigenvalue weighted by Crippen LogP contribution is 2.34. The van der Waals surface area contributed by atoms with Crippen molar-refractivity contribution < 1.29 is 24.2 Å². The van der Waals surface area contributed by atoms with Gasteiger partial charge in [-0.15, -0.1) is 0 Å². The molecule has 1 aromatic rings. The summed E-state index contributed by atoms with van der Waals surface area (Å²) in [5.74, 6) is -1.44. The second-order valence-corrected chi connectivity index (χ2v) is 6.50. The van der Waals surface area contributed by atoms with E-state index in [-0.39, 0.29) is 18.5 Å². The molecule has 1 atom stereocenters. The maximum atomic E-state index is 12.6. The van der Waals surface area contributed by atoms with Gasteiger partial charge < -0.3 is 15.2 Å². The average Bonchev–Trinajstić information content (AvgIpc) is 2.59. The molecular formula is C18H22N2O5. The van der Waals surface area contributed by atoms with Crippen LogP contribution >= 0.6 is 0 Å². The Morgan fingerprint density at radius 3 is 2.64 bits per heavy atom. The fraction of sp³-hybridized carbons (Fsp3) is 0.500. The Bertz CT molecular complexity index is 669. The summed E-state index contributed by atoms with van der Waals surface area (Å²) in [6.07, 6.45) is 3.76. The quantitative estimate of drug-likeness (QED) is 0.846. The molecule has 0 aromatic heterocycles. The van der Waals surface area contributed by atoms with E-state index in [4.69, 9.17) is 9.84 Å². The van der Waals surface area contributed by atoms with Gasteiger partial charge in [-0.2, -0.15) is 0 Å². The first-order valence-electron chi connectivity index (χ1n) is 8.63. The third-order valence-electron chi connectivity index (χ3n) is 4.60. The van der Waals surface area contributed by atoms with Crippen LogP contribution in [-0.4, -0.2) is 41.6 Å². The highest BCUT2D eigenvalue weighted by molar-refractivity contribution is 6.04. The number of fused-ring (bicyclic) bond motifs is 1. The first-order chi connectivity index (χ1) is 12.0. The van der Waals surface area contributed by atoms with E-state index in [1.54, 1.807) is 24.3 Å². The number of amides is 2. The lowest BCUT2D eigenvalue weighted by Crippen LogP contribution is -2.51. The van der Waals surface area contributed by atoms with Crippen molar-refractivity contribution in [2.45, 2.75) is 50.7 Å². The zero-order chi connectivity index (χ0) is 17.8. The van der Waals surface area contributed by atoms with Gasteiger partial charge in [-0.25, -0.2) is 0 Å². The second-order valence-electron chi connectivity index (χ2n) is 6.50. The number of benzene rings is 1. The molecule has 0 radical (unpaired) electrons. The van der Waals surface area contributed by atoms with Gasteiger partial charge in [0, 0.05) is 6.04 Å². The Kier molecular flexibility index (Phi) is 5.21. The molecule has 1 fully saturated rings. The molecule has 2 amide bonds. The van der Waals surface area contributed by atoms with E-state index in [0.29, 0.717) is 11.4 Å². The summed E-state index contributed by atoms with van der Waals surface area (Å²) < 4.78 is 5.51. The van der Waals surface area contributed by atoms with Crippen LogP contribution in [0.4, 0.5) is 5.69 Å². The number of rotatable bonds is 5. The van der Waals surface area contributed by atoms with E-state index in [9.17, 15) is 14.4 Å². The van der Waals surface area contributed by atoms with Crippen LogP contribution in [-0.2, 0) is 14.4 Å². The van der Waals surface area contributed by atoms with E-state index >= 15 is 0 Å². The number of para-hydroxylation sites is 2. The van der Waals surface area contributed by atoms with Gasteiger partial charge in [0.25, 0.3) is 5.91 Å². The summed E-state index contributed by atoms with van der Waals surface area (Å²) in [5, 5.41) is 12.0. The minimum absolute atomic E-state index is 0.133. The van der Waals surface area contributed by atoms with E-state index < -0.39 is 24.4 Å². The number of ether oxygens (including phenoxy) is 1. The second kappa shape index (κ2) is 7.55. The van der Waals surface area contributed by atoms with Gasteiger partial charge in [-0.1, -0.05) is 31.4 Å². The van der Waals surface area contributed by atoms with Crippen LogP contribution in [0.25, 0.3) is 0 Å². The van der Waals surface area contributed by atoms with Gasteiger partial charge in [0.05, 0.1) is 12.1 Å². The van der Waals surface area contributed by atoms with Crippen LogP contribution < -0.4 is 15.0 Å². The van der Waals surface area contributed by atoms with Crippen LogP contribution in [0.5, 0.6) is 5.75 Å². The number of nitrogens with one attached hydrogen (secondary N) is 1. The Hall–Kier alpha value is -2.57. The minimum Gasteiger partial charge on any atom is -0.481 e. The molecule has 1 heterocycles.